The van der Waals surface area contributed by atoms with E-state index >= 15 is 0 Å². The molecule has 1 saturated carbocycles. The van der Waals surface area contributed by atoms with Crippen LogP contribution in [0, 0.1) is 16.0 Å². The lowest BCUT2D eigenvalue weighted by atomic mass is 9.79. The molecule has 1 fully saturated rings. The summed E-state index contributed by atoms with van der Waals surface area (Å²) in [7, 11) is 0. The van der Waals surface area contributed by atoms with Gasteiger partial charge in [-0.2, -0.15) is 0 Å². The lowest BCUT2D eigenvalue weighted by Crippen LogP contribution is -2.42. The van der Waals surface area contributed by atoms with E-state index in [4.69, 9.17) is 23.2 Å². The van der Waals surface area contributed by atoms with Crippen molar-refractivity contribution in [3.63, 3.8) is 0 Å². The molecule has 1 heterocycles. The number of hydrogen-bond acceptors (Lipinski definition) is 5. The van der Waals surface area contributed by atoms with Crippen molar-refractivity contribution in [3.8, 4) is 0 Å². The second-order valence-electron chi connectivity index (χ2n) is 6.94. The first kappa shape index (κ1) is 19.4. The predicted molar refractivity (Wildman–Crippen MR) is 110 cm³/mol. The highest BCUT2D eigenvalue weighted by molar-refractivity contribution is 8.00. The molecule has 0 amide bonds. The van der Waals surface area contributed by atoms with Crippen molar-refractivity contribution in [2.75, 3.05) is 5.32 Å². The van der Waals surface area contributed by atoms with Crippen LogP contribution >= 0.6 is 35.0 Å². The van der Waals surface area contributed by atoms with E-state index in [-0.39, 0.29) is 28.2 Å². The number of anilines is 1. The number of nitrogens with one attached hydrogen (secondary N) is 1. The van der Waals surface area contributed by atoms with Gasteiger partial charge >= 0.3 is 5.97 Å². The molecule has 146 valence electrons. The van der Waals surface area contributed by atoms with Crippen molar-refractivity contribution in [1.29, 1.82) is 0 Å². The Morgan fingerprint density at radius 1 is 1.29 bits per heavy atom. The first-order valence-corrected chi connectivity index (χ1v) is 10.4. The van der Waals surface area contributed by atoms with Gasteiger partial charge in [0.25, 0.3) is 5.69 Å². The molecule has 0 aromatic heterocycles. The van der Waals surface area contributed by atoms with Gasteiger partial charge in [-0.05, 0) is 42.2 Å². The minimum absolute atomic E-state index is 0.0302. The quantitative estimate of drug-likeness (QED) is 0.396. The molecule has 0 saturated heterocycles. The van der Waals surface area contributed by atoms with Crippen LogP contribution in [-0.2, 0) is 4.79 Å². The van der Waals surface area contributed by atoms with E-state index in [1.165, 1.54) is 17.8 Å². The van der Waals surface area contributed by atoms with Gasteiger partial charge < -0.3 is 10.4 Å². The summed E-state index contributed by atoms with van der Waals surface area (Å²) in [6, 6.07) is 11.1. The number of carboxylic acid groups (broad SMARTS) is 1. The highest BCUT2D eigenvalue weighted by atomic mass is 35.5. The van der Waals surface area contributed by atoms with Crippen molar-refractivity contribution in [1.82, 2.24) is 0 Å². The third kappa shape index (κ3) is 3.32. The molecular formula is C19H16Cl2N2O4S. The summed E-state index contributed by atoms with van der Waals surface area (Å²) >= 11 is 14.3. The SMILES string of the molecule is O=C(O)[C@H]1Nc2ccc(Cl)cc2[C@@H]2[C@H](Cl)[C@H](Sc3ccccc3[N+](=O)[O-])C[C@H]21. The molecule has 0 unspecified atom stereocenters. The Balaban J connectivity index is 1.70. The lowest BCUT2D eigenvalue weighted by Gasteiger charge is -2.35. The maximum atomic E-state index is 11.9. The van der Waals surface area contributed by atoms with Gasteiger partial charge in [0.1, 0.15) is 6.04 Å². The molecular weight excluding hydrogens is 423 g/mol. The zero-order chi connectivity index (χ0) is 20.0. The Bertz CT molecular complexity index is 957. The molecule has 2 aromatic rings. The monoisotopic (exact) mass is 438 g/mol. The van der Waals surface area contributed by atoms with Gasteiger partial charge in [0.15, 0.2) is 0 Å². The number of rotatable bonds is 4. The predicted octanol–water partition coefficient (Wildman–Crippen LogP) is 5.00. The average molecular weight is 439 g/mol. The van der Waals surface area contributed by atoms with Crippen LogP contribution < -0.4 is 5.32 Å². The number of carboxylic acids is 1. The molecule has 0 radical (unpaired) electrons. The number of nitro groups is 1. The topological polar surface area (TPSA) is 92.5 Å². The first-order chi connectivity index (χ1) is 13.4. The first-order valence-electron chi connectivity index (χ1n) is 8.69. The minimum Gasteiger partial charge on any atom is -0.480 e. The number of halogens is 2. The summed E-state index contributed by atoms with van der Waals surface area (Å²) in [5.41, 5.74) is 1.66. The highest BCUT2D eigenvalue weighted by Gasteiger charge is 2.52. The van der Waals surface area contributed by atoms with Crippen molar-refractivity contribution < 1.29 is 14.8 Å². The number of fused-ring (bicyclic) bond motifs is 3. The van der Waals surface area contributed by atoms with Crippen LogP contribution in [0.2, 0.25) is 5.02 Å². The van der Waals surface area contributed by atoms with Gasteiger partial charge in [-0.15, -0.1) is 23.4 Å². The van der Waals surface area contributed by atoms with E-state index in [1.807, 2.05) is 6.07 Å². The molecule has 2 aromatic carbocycles. The lowest BCUT2D eigenvalue weighted by molar-refractivity contribution is -0.387. The number of nitro benzene ring substituents is 1. The number of carbonyl (C=O) groups is 1. The number of alkyl halides is 1. The van der Waals surface area contributed by atoms with Crippen LogP contribution in [0.1, 0.15) is 17.9 Å². The molecule has 1 aliphatic heterocycles. The normalized spacial score (nSPS) is 28.1. The maximum absolute atomic E-state index is 11.9. The number of hydrogen-bond donors (Lipinski definition) is 2. The van der Waals surface area contributed by atoms with Crippen molar-refractivity contribution >= 4 is 52.3 Å². The summed E-state index contributed by atoms with van der Waals surface area (Å²) in [6.45, 7) is 0. The summed E-state index contributed by atoms with van der Waals surface area (Å²) in [5.74, 6) is -1.36. The van der Waals surface area contributed by atoms with Crippen molar-refractivity contribution in [3.05, 3.63) is 63.2 Å². The highest BCUT2D eigenvalue weighted by Crippen LogP contribution is 2.55. The van der Waals surface area contributed by atoms with Gasteiger partial charge in [0.2, 0.25) is 0 Å². The molecule has 6 nitrogen and oxygen atoms in total. The number of benzene rings is 2. The smallest absolute Gasteiger partial charge is 0.326 e. The van der Waals surface area contributed by atoms with Crippen LogP contribution in [0.25, 0.3) is 0 Å². The van der Waals surface area contributed by atoms with Gasteiger partial charge in [-0.25, -0.2) is 4.79 Å². The van der Waals surface area contributed by atoms with E-state index in [1.54, 1.807) is 30.3 Å². The second kappa shape index (κ2) is 7.46. The van der Waals surface area contributed by atoms with E-state index in [2.05, 4.69) is 5.32 Å². The Hall–Kier alpha value is -1.96. The van der Waals surface area contributed by atoms with Crippen LogP contribution in [0.3, 0.4) is 0 Å². The Kier molecular flexibility index (Phi) is 5.16. The van der Waals surface area contributed by atoms with E-state index in [0.717, 1.165) is 11.3 Å². The van der Waals surface area contributed by atoms with Crippen molar-refractivity contribution in [2.24, 2.45) is 5.92 Å². The van der Waals surface area contributed by atoms with E-state index in [9.17, 15) is 20.0 Å². The molecule has 0 spiro atoms. The maximum Gasteiger partial charge on any atom is 0.326 e. The minimum atomic E-state index is -0.934. The largest absolute Gasteiger partial charge is 0.480 e. The van der Waals surface area contributed by atoms with Gasteiger partial charge in [0, 0.05) is 27.9 Å². The number of thioether (sulfide) groups is 1. The Morgan fingerprint density at radius 2 is 2.04 bits per heavy atom. The summed E-state index contributed by atoms with van der Waals surface area (Å²) in [6.07, 6.45) is 0.533. The molecule has 1 aliphatic carbocycles. The third-order valence-corrected chi connectivity index (χ3v) is 7.73. The van der Waals surface area contributed by atoms with Crippen LogP contribution in [0.4, 0.5) is 11.4 Å². The fourth-order valence-corrected chi connectivity index (χ4v) is 6.33. The number of aliphatic carboxylic acids is 1. The Labute approximate surface area is 175 Å². The van der Waals surface area contributed by atoms with Gasteiger partial charge in [-0.3, -0.25) is 10.1 Å². The molecule has 2 aliphatic rings. The molecule has 0 bridgehead atoms. The summed E-state index contributed by atoms with van der Waals surface area (Å²) < 4.78 is 0. The van der Waals surface area contributed by atoms with E-state index < -0.39 is 16.9 Å². The standard InChI is InChI=1S/C19H16Cl2N2O4S/c20-9-5-6-12-10(7-9)16-11(18(22-12)19(24)25)8-15(17(16)21)28-14-4-2-1-3-13(14)23(26)27/h1-7,11,15-18,22H,8H2,(H,24,25)/t11-,15-,16+,17-,18+/m1/s1. The van der Waals surface area contributed by atoms with Gasteiger partial charge in [0.05, 0.1) is 15.2 Å². The molecule has 5 atom stereocenters. The third-order valence-electron chi connectivity index (χ3n) is 5.38. The zero-order valence-electron chi connectivity index (χ0n) is 14.4. The van der Waals surface area contributed by atoms with Crippen LogP contribution in [0.5, 0.6) is 0 Å². The Morgan fingerprint density at radius 3 is 2.75 bits per heavy atom. The number of para-hydroxylation sites is 1. The van der Waals surface area contributed by atoms with Crippen LogP contribution in [-0.4, -0.2) is 32.7 Å². The van der Waals surface area contributed by atoms with Gasteiger partial charge in [-0.1, -0.05) is 23.7 Å². The summed E-state index contributed by atoms with van der Waals surface area (Å²) in [5, 5.41) is 24.2. The zero-order valence-corrected chi connectivity index (χ0v) is 16.7. The van der Waals surface area contributed by atoms with E-state index in [0.29, 0.717) is 16.3 Å². The molecule has 4 rings (SSSR count). The average Bonchev–Trinajstić information content (AvgIpc) is 2.98. The number of nitrogens with zero attached hydrogens (tertiary/aromatic N) is 1. The molecule has 2 N–H and O–H groups in total. The second-order valence-corrected chi connectivity index (χ2v) is 9.16. The fourth-order valence-electron chi connectivity index (χ4n) is 4.20. The fraction of sp³-hybridized carbons (Fsp3) is 0.316. The molecule has 28 heavy (non-hydrogen) atoms. The van der Waals surface area contributed by atoms with Crippen molar-refractivity contribution in [2.45, 2.75) is 33.9 Å². The molecule has 9 heteroatoms. The van der Waals surface area contributed by atoms with Crippen LogP contribution in [0.15, 0.2) is 47.4 Å². The summed E-state index contributed by atoms with van der Waals surface area (Å²) in [4.78, 5) is 23.3.